The van der Waals surface area contributed by atoms with Crippen LogP contribution >= 0.6 is 0 Å². The third kappa shape index (κ3) is 2.32. The van der Waals surface area contributed by atoms with Crippen LogP contribution in [-0.2, 0) is 0 Å². The molecule has 13 heavy (non-hydrogen) atoms. The van der Waals surface area contributed by atoms with Crippen LogP contribution in [-0.4, -0.2) is 16.1 Å². The molecule has 0 saturated heterocycles. The molecule has 1 rings (SSSR count). The molecule has 1 aromatic rings. The minimum absolute atomic E-state index is 0.0789. The van der Waals surface area contributed by atoms with Crippen molar-refractivity contribution in [3.8, 4) is 17.9 Å². The van der Waals surface area contributed by atoms with E-state index in [4.69, 9.17) is 10.4 Å². The molecule has 0 aromatic carbocycles. The van der Waals surface area contributed by atoms with Crippen molar-refractivity contribution in [1.82, 2.24) is 4.98 Å². The minimum atomic E-state index is -1.11. The van der Waals surface area contributed by atoms with E-state index in [1.807, 2.05) is 0 Å². The Morgan fingerprint density at radius 1 is 1.54 bits per heavy atom. The van der Waals surface area contributed by atoms with Gasteiger partial charge in [0.15, 0.2) is 6.07 Å². The molecule has 0 atom stereocenters. The van der Waals surface area contributed by atoms with Gasteiger partial charge in [0.05, 0.1) is 0 Å². The first-order chi connectivity index (χ1) is 6.24. The molecular formula is C9H4N2O2. The summed E-state index contributed by atoms with van der Waals surface area (Å²) >= 11 is 0. The molecule has 0 unspecified atom stereocenters. The van der Waals surface area contributed by atoms with Gasteiger partial charge in [0, 0.05) is 5.92 Å². The average Bonchev–Trinajstić information content (AvgIpc) is 2.15. The number of nitrogens with zero attached hydrogens (tertiary/aromatic N) is 2. The summed E-state index contributed by atoms with van der Waals surface area (Å²) in [4.78, 5) is 14.1. The number of aromatic carboxylic acids is 1. The smallest absolute Gasteiger partial charge is 0.354 e. The van der Waals surface area contributed by atoms with E-state index in [0.29, 0.717) is 0 Å². The summed E-state index contributed by atoms with van der Waals surface area (Å²) in [6.45, 7) is 0. The number of carbonyl (C=O) groups is 1. The highest BCUT2D eigenvalue weighted by Crippen LogP contribution is 1.97. The van der Waals surface area contributed by atoms with Crippen LogP contribution in [0.2, 0.25) is 0 Å². The molecule has 0 saturated carbocycles. The van der Waals surface area contributed by atoms with Gasteiger partial charge in [-0.15, -0.1) is 0 Å². The lowest BCUT2D eigenvalue weighted by Crippen LogP contribution is -2.00. The first kappa shape index (κ1) is 8.76. The molecule has 0 amide bonds. The first-order valence-corrected chi connectivity index (χ1v) is 3.34. The largest absolute Gasteiger partial charge is 0.477 e. The fraction of sp³-hybridized carbons (Fsp3) is 0. The van der Waals surface area contributed by atoms with E-state index < -0.39 is 5.97 Å². The van der Waals surface area contributed by atoms with E-state index in [1.165, 1.54) is 18.2 Å². The Balaban J connectivity index is 3.07. The Morgan fingerprint density at radius 3 is 2.92 bits per heavy atom. The Hall–Kier alpha value is -2.33. The zero-order chi connectivity index (χ0) is 9.68. The number of pyridine rings is 1. The van der Waals surface area contributed by atoms with Crippen LogP contribution in [0.15, 0.2) is 18.2 Å². The van der Waals surface area contributed by atoms with Gasteiger partial charge in [-0.25, -0.2) is 9.78 Å². The number of nitriles is 1. The highest BCUT2D eigenvalue weighted by molar-refractivity contribution is 5.85. The van der Waals surface area contributed by atoms with E-state index in [-0.39, 0.29) is 11.4 Å². The lowest BCUT2D eigenvalue weighted by molar-refractivity contribution is 0.0690. The monoisotopic (exact) mass is 172 g/mol. The first-order valence-electron chi connectivity index (χ1n) is 3.34. The summed E-state index contributed by atoms with van der Waals surface area (Å²) in [6.07, 6.45) is 0. The zero-order valence-electron chi connectivity index (χ0n) is 6.48. The third-order valence-corrected chi connectivity index (χ3v) is 1.21. The predicted molar refractivity (Wildman–Crippen MR) is 43.7 cm³/mol. The number of carboxylic acids is 1. The van der Waals surface area contributed by atoms with Gasteiger partial charge in [-0.3, -0.25) is 0 Å². The second-order valence-electron chi connectivity index (χ2n) is 2.08. The maximum absolute atomic E-state index is 10.5. The summed E-state index contributed by atoms with van der Waals surface area (Å²) in [5.41, 5.74) is 0.200. The lowest BCUT2D eigenvalue weighted by atomic mass is 10.3. The van der Waals surface area contributed by atoms with E-state index in [0.717, 1.165) is 0 Å². The Bertz CT molecular complexity index is 435. The molecule has 0 aliphatic carbocycles. The number of hydrogen-bond donors (Lipinski definition) is 1. The number of aromatic nitrogens is 1. The van der Waals surface area contributed by atoms with Crippen LogP contribution in [0.25, 0.3) is 0 Å². The molecule has 0 bridgehead atoms. The second kappa shape index (κ2) is 3.89. The van der Waals surface area contributed by atoms with Crippen molar-refractivity contribution in [2.45, 2.75) is 0 Å². The van der Waals surface area contributed by atoms with Crippen molar-refractivity contribution in [2.75, 3.05) is 0 Å². The number of rotatable bonds is 1. The normalized spacial score (nSPS) is 7.92. The van der Waals surface area contributed by atoms with Gasteiger partial charge in [0.2, 0.25) is 0 Å². The molecule has 0 spiro atoms. The van der Waals surface area contributed by atoms with E-state index >= 15 is 0 Å². The summed E-state index contributed by atoms with van der Waals surface area (Å²) < 4.78 is 0. The van der Waals surface area contributed by atoms with Gasteiger partial charge >= 0.3 is 5.97 Å². The van der Waals surface area contributed by atoms with Crippen molar-refractivity contribution < 1.29 is 9.90 Å². The number of hydrogen-bond acceptors (Lipinski definition) is 3. The summed E-state index contributed by atoms with van der Waals surface area (Å²) in [7, 11) is 0. The standard InChI is InChI=1S/C9H4N2O2/c10-6-2-4-7-3-1-5-8(11-7)9(12)13/h1,3,5H,(H,12,13). The zero-order valence-corrected chi connectivity index (χ0v) is 6.48. The third-order valence-electron chi connectivity index (χ3n) is 1.21. The maximum Gasteiger partial charge on any atom is 0.354 e. The molecule has 0 aliphatic rings. The lowest BCUT2D eigenvalue weighted by Gasteiger charge is -1.92. The fourth-order valence-corrected chi connectivity index (χ4v) is 0.715. The quantitative estimate of drug-likeness (QED) is 0.631. The van der Waals surface area contributed by atoms with Crippen molar-refractivity contribution in [1.29, 1.82) is 5.26 Å². The van der Waals surface area contributed by atoms with Crippen LogP contribution in [0.1, 0.15) is 16.2 Å². The Morgan fingerprint density at radius 2 is 2.31 bits per heavy atom. The molecule has 1 N–H and O–H groups in total. The van der Waals surface area contributed by atoms with Crippen molar-refractivity contribution in [3.05, 3.63) is 29.6 Å². The van der Waals surface area contributed by atoms with Crippen molar-refractivity contribution >= 4 is 5.97 Å². The van der Waals surface area contributed by atoms with Crippen LogP contribution in [0.4, 0.5) is 0 Å². The Labute approximate surface area is 74.5 Å². The Kier molecular flexibility index (Phi) is 2.62. The van der Waals surface area contributed by atoms with Crippen LogP contribution in [0.3, 0.4) is 0 Å². The molecule has 1 aromatic heterocycles. The van der Waals surface area contributed by atoms with Crippen LogP contribution in [0, 0.1) is 23.2 Å². The topological polar surface area (TPSA) is 74.0 Å². The van der Waals surface area contributed by atoms with E-state index in [1.54, 1.807) is 6.07 Å². The summed E-state index contributed by atoms with van der Waals surface area (Å²) in [6, 6.07) is 6.04. The van der Waals surface area contributed by atoms with Crippen molar-refractivity contribution in [3.63, 3.8) is 0 Å². The fourth-order valence-electron chi connectivity index (χ4n) is 0.715. The van der Waals surface area contributed by atoms with Gasteiger partial charge < -0.3 is 5.11 Å². The summed E-state index contributed by atoms with van der Waals surface area (Å²) in [5.74, 6) is 3.42. The van der Waals surface area contributed by atoms with Crippen LogP contribution in [0.5, 0.6) is 0 Å². The van der Waals surface area contributed by atoms with Gasteiger partial charge in [-0.05, 0) is 18.1 Å². The van der Waals surface area contributed by atoms with Gasteiger partial charge in [-0.2, -0.15) is 5.26 Å². The van der Waals surface area contributed by atoms with Gasteiger partial charge in [0.25, 0.3) is 0 Å². The molecule has 0 radical (unpaired) electrons. The summed E-state index contributed by atoms with van der Waals surface area (Å²) in [5, 5.41) is 16.7. The highest BCUT2D eigenvalue weighted by atomic mass is 16.4. The van der Waals surface area contributed by atoms with Gasteiger partial charge in [0.1, 0.15) is 11.4 Å². The molecule has 4 nitrogen and oxygen atoms in total. The molecule has 1 heterocycles. The van der Waals surface area contributed by atoms with E-state index in [2.05, 4.69) is 16.8 Å². The average molecular weight is 172 g/mol. The molecular weight excluding hydrogens is 168 g/mol. The van der Waals surface area contributed by atoms with E-state index in [9.17, 15) is 4.79 Å². The minimum Gasteiger partial charge on any atom is -0.477 e. The highest BCUT2D eigenvalue weighted by Gasteiger charge is 2.02. The molecule has 0 fully saturated rings. The van der Waals surface area contributed by atoms with Crippen molar-refractivity contribution in [2.24, 2.45) is 0 Å². The predicted octanol–water partition coefficient (Wildman–Crippen LogP) is 0.655. The number of carboxylic acid groups (broad SMARTS) is 1. The maximum atomic E-state index is 10.5. The SMILES string of the molecule is N#CC#Cc1cccc(C(=O)O)n1. The molecule has 0 aliphatic heterocycles. The van der Waals surface area contributed by atoms with Gasteiger partial charge in [-0.1, -0.05) is 6.07 Å². The molecule has 62 valence electrons. The second-order valence-corrected chi connectivity index (χ2v) is 2.08. The molecule has 4 heteroatoms. The van der Waals surface area contributed by atoms with Crippen LogP contribution < -0.4 is 0 Å².